The van der Waals surface area contributed by atoms with E-state index in [0.717, 1.165) is 18.1 Å². The molecule has 22 heavy (non-hydrogen) atoms. The molecule has 0 radical (unpaired) electrons. The number of benzene rings is 2. The molecule has 0 spiro atoms. The Labute approximate surface area is 134 Å². The Kier molecular flexibility index (Phi) is 5.61. The number of aliphatic carboxylic acids is 1. The van der Waals surface area contributed by atoms with Crippen LogP contribution in [0, 0.1) is 0 Å². The summed E-state index contributed by atoms with van der Waals surface area (Å²) in [5, 5.41) is 11.6. The third-order valence-electron chi connectivity index (χ3n) is 3.02. The second-order valence-corrected chi connectivity index (χ2v) is 5.20. The highest BCUT2D eigenvalue weighted by atomic mass is 35.5. The van der Waals surface area contributed by atoms with Gasteiger partial charge in [-0.05, 0) is 53.5 Å². The van der Waals surface area contributed by atoms with Gasteiger partial charge in [-0.15, -0.1) is 0 Å². The molecule has 0 bridgehead atoms. The molecule has 4 heteroatoms. The molecule has 0 N–H and O–H groups in total. The first-order chi connectivity index (χ1) is 10.6. The fraction of sp³-hybridized carbons (Fsp3) is 0.167. The number of ether oxygens (including phenoxy) is 1. The van der Waals surface area contributed by atoms with Crippen molar-refractivity contribution in [1.29, 1.82) is 0 Å². The van der Waals surface area contributed by atoms with Gasteiger partial charge in [-0.1, -0.05) is 42.8 Å². The van der Waals surface area contributed by atoms with Gasteiger partial charge in [0, 0.05) is 5.02 Å². The summed E-state index contributed by atoms with van der Waals surface area (Å²) in [6, 6.07) is 14.3. The topological polar surface area (TPSA) is 49.4 Å². The van der Waals surface area contributed by atoms with Gasteiger partial charge in [0.15, 0.2) is 0 Å². The first-order valence-corrected chi connectivity index (χ1v) is 7.40. The van der Waals surface area contributed by atoms with Crippen molar-refractivity contribution in [2.75, 3.05) is 6.61 Å². The molecule has 0 saturated heterocycles. The van der Waals surface area contributed by atoms with Gasteiger partial charge in [-0.25, -0.2) is 0 Å². The summed E-state index contributed by atoms with van der Waals surface area (Å²) in [7, 11) is 0. The maximum absolute atomic E-state index is 11.0. The summed E-state index contributed by atoms with van der Waals surface area (Å²) >= 11 is 6.00. The zero-order valence-electron chi connectivity index (χ0n) is 12.2. The zero-order valence-corrected chi connectivity index (χ0v) is 13.0. The molecule has 0 saturated carbocycles. The molecule has 0 amide bonds. The minimum Gasteiger partial charge on any atom is -0.545 e. The van der Waals surface area contributed by atoms with E-state index in [4.69, 9.17) is 16.3 Å². The third-order valence-corrected chi connectivity index (χ3v) is 3.25. The Hall–Kier alpha value is -2.26. The fourth-order valence-corrected chi connectivity index (χ4v) is 2.27. The molecule has 2 aromatic rings. The van der Waals surface area contributed by atoms with E-state index in [0.29, 0.717) is 28.5 Å². The summed E-state index contributed by atoms with van der Waals surface area (Å²) in [4.78, 5) is 11.0. The Morgan fingerprint density at radius 2 is 1.86 bits per heavy atom. The second-order valence-electron chi connectivity index (χ2n) is 4.76. The minimum absolute atomic E-state index is 0.532. The Balaban J connectivity index is 2.44. The molecule has 0 aliphatic heterocycles. The summed E-state index contributed by atoms with van der Waals surface area (Å²) in [6.07, 6.45) is 1.98. The number of carboxylic acid groups (broad SMARTS) is 1. The molecule has 2 rings (SSSR count). The van der Waals surface area contributed by atoms with Crippen molar-refractivity contribution in [2.24, 2.45) is 0 Å². The molecular formula is C18H16ClO3-. The van der Waals surface area contributed by atoms with E-state index in [-0.39, 0.29) is 0 Å². The SMILES string of the molecule is CCCOc1cccc(/C(=C/C(=O)[O-])c2cccc(Cl)c2)c1. The lowest BCUT2D eigenvalue weighted by Gasteiger charge is -2.12. The highest BCUT2D eigenvalue weighted by Crippen LogP contribution is 2.28. The lowest BCUT2D eigenvalue weighted by Crippen LogP contribution is -2.19. The van der Waals surface area contributed by atoms with Gasteiger partial charge in [-0.3, -0.25) is 0 Å². The van der Waals surface area contributed by atoms with Gasteiger partial charge in [0.2, 0.25) is 0 Å². The van der Waals surface area contributed by atoms with Gasteiger partial charge in [-0.2, -0.15) is 0 Å². The maximum atomic E-state index is 11.0. The Morgan fingerprint density at radius 3 is 2.50 bits per heavy atom. The fourth-order valence-electron chi connectivity index (χ4n) is 2.08. The zero-order chi connectivity index (χ0) is 15.9. The van der Waals surface area contributed by atoms with Gasteiger partial charge in [0.05, 0.1) is 12.6 Å². The Bertz CT molecular complexity index is 692. The van der Waals surface area contributed by atoms with E-state index in [9.17, 15) is 9.90 Å². The predicted molar refractivity (Wildman–Crippen MR) is 85.8 cm³/mol. The van der Waals surface area contributed by atoms with Crippen LogP contribution in [0.2, 0.25) is 5.02 Å². The van der Waals surface area contributed by atoms with Crippen molar-refractivity contribution in [3.63, 3.8) is 0 Å². The largest absolute Gasteiger partial charge is 0.545 e. The summed E-state index contributed by atoms with van der Waals surface area (Å²) < 4.78 is 5.59. The van der Waals surface area contributed by atoms with E-state index in [1.165, 1.54) is 0 Å². The van der Waals surface area contributed by atoms with E-state index in [1.54, 1.807) is 24.3 Å². The van der Waals surface area contributed by atoms with Crippen molar-refractivity contribution in [2.45, 2.75) is 13.3 Å². The number of carboxylic acids is 1. The van der Waals surface area contributed by atoms with Crippen molar-refractivity contribution < 1.29 is 14.6 Å². The van der Waals surface area contributed by atoms with Crippen LogP contribution in [0.5, 0.6) is 5.75 Å². The van der Waals surface area contributed by atoms with Crippen LogP contribution in [-0.4, -0.2) is 12.6 Å². The van der Waals surface area contributed by atoms with Crippen LogP contribution < -0.4 is 9.84 Å². The average Bonchev–Trinajstić information content (AvgIpc) is 2.50. The molecule has 2 aromatic carbocycles. The van der Waals surface area contributed by atoms with Crippen molar-refractivity contribution >= 4 is 23.1 Å². The van der Waals surface area contributed by atoms with Gasteiger partial charge in [0.25, 0.3) is 0 Å². The van der Waals surface area contributed by atoms with E-state index < -0.39 is 5.97 Å². The van der Waals surface area contributed by atoms with Crippen LogP contribution in [-0.2, 0) is 4.79 Å². The third kappa shape index (κ3) is 4.37. The van der Waals surface area contributed by atoms with Crippen LogP contribution >= 0.6 is 11.6 Å². The highest BCUT2D eigenvalue weighted by Gasteiger charge is 2.07. The van der Waals surface area contributed by atoms with Crippen LogP contribution in [0.1, 0.15) is 24.5 Å². The molecule has 0 aromatic heterocycles. The lowest BCUT2D eigenvalue weighted by molar-refractivity contribution is -0.297. The maximum Gasteiger partial charge on any atom is 0.119 e. The molecule has 0 heterocycles. The minimum atomic E-state index is -1.25. The predicted octanol–water partition coefficient (Wildman–Crippen LogP) is 3.31. The normalized spacial score (nSPS) is 11.3. The number of hydrogen-bond acceptors (Lipinski definition) is 3. The molecule has 0 fully saturated rings. The quantitative estimate of drug-likeness (QED) is 0.768. The smallest absolute Gasteiger partial charge is 0.119 e. The number of hydrogen-bond donors (Lipinski definition) is 0. The highest BCUT2D eigenvalue weighted by molar-refractivity contribution is 6.30. The van der Waals surface area contributed by atoms with E-state index >= 15 is 0 Å². The molecule has 0 aliphatic carbocycles. The van der Waals surface area contributed by atoms with E-state index in [2.05, 4.69) is 0 Å². The van der Waals surface area contributed by atoms with Crippen LogP contribution in [0.4, 0.5) is 0 Å². The van der Waals surface area contributed by atoms with Gasteiger partial charge < -0.3 is 14.6 Å². The molecule has 114 valence electrons. The molecule has 0 aliphatic rings. The second kappa shape index (κ2) is 7.66. The number of rotatable bonds is 6. The van der Waals surface area contributed by atoms with Gasteiger partial charge >= 0.3 is 0 Å². The molecule has 3 nitrogen and oxygen atoms in total. The van der Waals surface area contributed by atoms with Crippen LogP contribution in [0.3, 0.4) is 0 Å². The Morgan fingerprint density at radius 1 is 1.18 bits per heavy atom. The van der Waals surface area contributed by atoms with Crippen molar-refractivity contribution in [3.8, 4) is 5.75 Å². The summed E-state index contributed by atoms with van der Waals surface area (Å²) in [6.45, 7) is 2.64. The van der Waals surface area contributed by atoms with Gasteiger partial charge in [0.1, 0.15) is 5.75 Å². The molecule has 0 atom stereocenters. The monoisotopic (exact) mass is 315 g/mol. The van der Waals surface area contributed by atoms with Crippen molar-refractivity contribution in [1.82, 2.24) is 0 Å². The van der Waals surface area contributed by atoms with Crippen molar-refractivity contribution in [3.05, 3.63) is 70.8 Å². The molecular weight excluding hydrogens is 300 g/mol. The van der Waals surface area contributed by atoms with Crippen LogP contribution in [0.15, 0.2) is 54.6 Å². The number of halogens is 1. The lowest BCUT2D eigenvalue weighted by atomic mass is 9.97. The summed E-state index contributed by atoms with van der Waals surface area (Å²) in [5.41, 5.74) is 1.98. The molecule has 0 unspecified atom stereocenters. The summed E-state index contributed by atoms with van der Waals surface area (Å²) in [5.74, 6) is -0.555. The first kappa shape index (κ1) is 16.1. The first-order valence-electron chi connectivity index (χ1n) is 7.02. The number of carbonyl (C=O) groups is 1. The number of carbonyl (C=O) groups excluding carboxylic acids is 1. The standard InChI is InChI=1S/C18H17ClO3/c1-2-9-22-16-8-4-6-14(11-16)17(12-18(20)21)13-5-3-7-15(19)10-13/h3-8,10-12H,2,9H2,1H3,(H,20,21)/p-1/b17-12+. The van der Waals surface area contributed by atoms with Crippen LogP contribution in [0.25, 0.3) is 5.57 Å². The van der Waals surface area contributed by atoms with E-state index in [1.807, 2.05) is 31.2 Å². The average molecular weight is 316 g/mol.